The number of hydrogen-bond donors (Lipinski definition) is 2. The smallest absolute Gasteiger partial charge is 0.264 e. The van der Waals surface area contributed by atoms with E-state index in [0.29, 0.717) is 11.3 Å². The van der Waals surface area contributed by atoms with Gasteiger partial charge in [0.15, 0.2) is 0 Å². The van der Waals surface area contributed by atoms with E-state index in [4.69, 9.17) is 5.73 Å². The number of nitrogens with one attached hydrogen (secondary N) is 1. The van der Waals surface area contributed by atoms with E-state index in [1.807, 2.05) is 19.1 Å². The number of rotatable bonds is 5. The molecule has 112 valence electrons. The standard InChI is InChI=1S/C15H17FN2O2S/c1-2-11-3-6-13(7-4-11)18-21(19,20)15-9-12(10-17)5-8-14(15)16/h3-9,18H,2,10,17H2,1H3. The first-order valence-corrected chi connectivity index (χ1v) is 8.05. The highest BCUT2D eigenvalue weighted by Crippen LogP contribution is 2.20. The van der Waals surface area contributed by atoms with E-state index in [0.717, 1.165) is 18.1 Å². The average molecular weight is 308 g/mol. The summed E-state index contributed by atoms with van der Waals surface area (Å²) in [5.41, 5.74) is 7.50. The minimum absolute atomic E-state index is 0.147. The highest BCUT2D eigenvalue weighted by Gasteiger charge is 2.19. The summed E-state index contributed by atoms with van der Waals surface area (Å²) in [6.45, 7) is 2.15. The average Bonchev–Trinajstić information content (AvgIpc) is 2.48. The monoisotopic (exact) mass is 308 g/mol. The summed E-state index contributed by atoms with van der Waals surface area (Å²) in [6, 6.07) is 10.8. The van der Waals surface area contributed by atoms with Crippen LogP contribution in [0.3, 0.4) is 0 Å². The maximum Gasteiger partial charge on any atom is 0.264 e. The summed E-state index contributed by atoms with van der Waals surface area (Å²) in [6.07, 6.45) is 0.861. The van der Waals surface area contributed by atoms with E-state index < -0.39 is 20.7 Å². The van der Waals surface area contributed by atoms with Crippen molar-refractivity contribution in [3.63, 3.8) is 0 Å². The second-order valence-electron chi connectivity index (χ2n) is 4.62. The second kappa shape index (κ2) is 6.24. The van der Waals surface area contributed by atoms with Crippen molar-refractivity contribution in [2.75, 3.05) is 4.72 Å². The lowest BCUT2D eigenvalue weighted by atomic mass is 10.2. The second-order valence-corrected chi connectivity index (χ2v) is 6.28. The van der Waals surface area contributed by atoms with Crippen molar-refractivity contribution in [2.45, 2.75) is 24.8 Å². The Morgan fingerprint density at radius 2 is 1.71 bits per heavy atom. The number of benzene rings is 2. The van der Waals surface area contributed by atoms with Crippen molar-refractivity contribution in [3.05, 3.63) is 59.4 Å². The van der Waals surface area contributed by atoms with Crippen LogP contribution in [0.1, 0.15) is 18.1 Å². The predicted octanol–water partition coefficient (Wildman–Crippen LogP) is 2.65. The summed E-state index contributed by atoms with van der Waals surface area (Å²) in [5.74, 6) is -0.801. The highest BCUT2D eigenvalue weighted by atomic mass is 32.2. The molecule has 3 N–H and O–H groups in total. The topological polar surface area (TPSA) is 72.2 Å². The molecule has 0 unspecified atom stereocenters. The van der Waals surface area contributed by atoms with Crippen molar-refractivity contribution in [2.24, 2.45) is 5.73 Å². The molecule has 0 aliphatic heterocycles. The van der Waals surface area contributed by atoms with E-state index in [9.17, 15) is 12.8 Å². The van der Waals surface area contributed by atoms with Gasteiger partial charge in [-0.05, 0) is 41.8 Å². The fourth-order valence-electron chi connectivity index (χ4n) is 1.90. The Balaban J connectivity index is 2.33. The van der Waals surface area contributed by atoms with E-state index in [1.165, 1.54) is 12.1 Å². The van der Waals surface area contributed by atoms with E-state index in [1.54, 1.807) is 12.1 Å². The molecule has 0 saturated carbocycles. The molecule has 0 bridgehead atoms. The Labute approximate surface area is 123 Å². The first-order valence-electron chi connectivity index (χ1n) is 6.56. The zero-order valence-corrected chi connectivity index (χ0v) is 12.5. The van der Waals surface area contributed by atoms with Gasteiger partial charge in [-0.1, -0.05) is 25.1 Å². The maximum atomic E-state index is 13.8. The number of sulfonamides is 1. The molecule has 0 fully saturated rings. The van der Waals surface area contributed by atoms with Gasteiger partial charge in [-0.3, -0.25) is 4.72 Å². The first kappa shape index (κ1) is 15.5. The fourth-order valence-corrected chi connectivity index (χ4v) is 3.09. The summed E-state index contributed by atoms with van der Waals surface area (Å²) in [5, 5.41) is 0. The maximum absolute atomic E-state index is 13.8. The molecular weight excluding hydrogens is 291 g/mol. The minimum atomic E-state index is -3.98. The van der Waals surface area contributed by atoms with Crippen LogP contribution in [0.5, 0.6) is 0 Å². The molecule has 0 spiro atoms. The summed E-state index contributed by atoms with van der Waals surface area (Å²) >= 11 is 0. The molecule has 0 radical (unpaired) electrons. The van der Waals surface area contributed by atoms with E-state index in [2.05, 4.69) is 4.72 Å². The van der Waals surface area contributed by atoms with Gasteiger partial charge in [-0.25, -0.2) is 12.8 Å². The molecule has 0 saturated heterocycles. The molecule has 2 aromatic rings. The number of nitrogens with two attached hydrogens (primary N) is 1. The molecule has 0 aliphatic rings. The van der Waals surface area contributed by atoms with Gasteiger partial charge in [-0.15, -0.1) is 0 Å². The molecule has 2 aromatic carbocycles. The Hall–Kier alpha value is -1.92. The molecular formula is C15H17FN2O2S. The Bertz CT molecular complexity index is 728. The summed E-state index contributed by atoms with van der Waals surface area (Å²) in [7, 11) is -3.98. The number of anilines is 1. The Morgan fingerprint density at radius 3 is 2.29 bits per heavy atom. The van der Waals surface area contributed by atoms with E-state index in [-0.39, 0.29) is 6.54 Å². The van der Waals surface area contributed by atoms with Gasteiger partial charge in [-0.2, -0.15) is 0 Å². The molecule has 6 heteroatoms. The fraction of sp³-hybridized carbons (Fsp3) is 0.200. The van der Waals surface area contributed by atoms with Crippen LogP contribution in [0.2, 0.25) is 0 Å². The Kier molecular flexibility index (Phi) is 4.59. The van der Waals surface area contributed by atoms with Gasteiger partial charge in [0.05, 0.1) is 0 Å². The molecule has 21 heavy (non-hydrogen) atoms. The normalized spacial score (nSPS) is 11.4. The predicted molar refractivity (Wildman–Crippen MR) is 80.9 cm³/mol. The third-order valence-corrected chi connectivity index (χ3v) is 4.53. The lowest BCUT2D eigenvalue weighted by Crippen LogP contribution is -2.15. The van der Waals surface area contributed by atoms with Gasteiger partial charge < -0.3 is 5.73 Å². The number of hydrogen-bond acceptors (Lipinski definition) is 3. The lowest BCUT2D eigenvalue weighted by Gasteiger charge is -2.10. The minimum Gasteiger partial charge on any atom is -0.326 e. The highest BCUT2D eigenvalue weighted by molar-refractivity contribution is 7.92. The third-order valence-electron chi connectivity index (χ3n) is 3.14. The van der Waals surface area contributed by atoms with Crippen LogP contribution in [-0.2, 0) is 23.0 Å². The van der Waals surface area contributed by atoms with Gasteiger partial charge >= 0.3 is 0 Å². The van der Waals surface area contributed by atoms with Crippen LogP contribution in [0.15, 0.2) is 47.4 Å². The van der Waals surface area contributed by atoms with Crippen LogP contribution in [0.25, 0.3) is 0 Å². The van der Waals surface area contributed by atoms with Crippen molar-refractivity contribution in [1.82, 2.24) is 0 Å². The molecule has 0 heterocycles. The number of halogens is 1. The summed E-state index contributed by atoms with van der Waals surface area (Å²) < 4.78 is 40.6. The zero-order valence-electron chi connectivity index (χ0n) is 11.6. The van der Waals surface area contributed by atoms with Crippen molar-refractivity contribution in [3.8, 4) is 0 Å². The largest absolute Gasteiger partial charge is 0.326 e. The van der Waals surface area contributed by atoms with Crippen molar-refractivity contribution in [1.29, 1.82) is 0 Å². The van der Waals surface area contributed by atoms with Gasteiger partial charge in [0, 0.05) is 12.2 Å². The lowest BCUT2D eigenvalue weighted by molar-refractivity contribution is 0.569. The molecule has 0 aromatic heterocycles. The van der Waals surface area contributed by atoms with Crippen molar-refractivity contribution >= 4 is 15.7 Å². The van der Waals surface area contributed by atoms with Gasteiger partial charge in [0.25, 0.3) is 10.0 Å². The van der Waals surface area contributed by atoms with Crippen LogP contribution >= 0.6 is 0 Å². The SMILES string of the molecule is CCc1ccc(NS(=O)(=O)c2cc(CN)ccc2F)cc1. The van der Waals surface area contributed by atoms with Crippen LogP contribution < -0.4 is 10.5 Å². The molecule has 4 nitrogen and oxygen atoms in total. The Morgan fingerprint density at radius 1 is 1.10 bits per heavy atom. The molecule has 0 atom stereocenters. The van der Waals surface area contributed by atoms with Crippen LogP contribution in [-0.4, -0.2) is 8.42 Å². The van der Waals surface area contributed by atoms with E-state index >= 15 is 0 Å². The molecule has 2 rings (SSSR count). The molecule has 0 aliphatic carbocycles. The third kappa shape index (κ3) is 3.59. The van der Waals surface area contributed by atoms with Crippen LogP contribution in [0.4, 0.5) is 10.1 Å². The summed E-state index contributed by atoms with van der Waals surface area (Å²) in [4.78, 5) is -0.398. The van der Waals surface area contributed by atoms with Crippen LogP contribution in [0, 0.1) is 5.82 Å². The quantitative estimate of drug-likeness (QED) is 0.892. The number of aryl methyl sites for hydroxylation is 1. The van der Waals surface area contributed by atoms with Crippen molar-refractivity contribution < 1.29 is 12.8 Å². The first-order chi connectivity index (χ1) is 9.96. The zero-order chi connectivity index (χ0) is 15.5. The van der Waals surface area contributed by atoms with Gasteiger partial charge in [0.1, 0.15) is 10.7 Å². The van der Waals surface area contributed by atoms with Gasteiger partial charge in [0.2, 0.25) is 0 Å². The molecule has 0 amide bonds.